The Bertz CT molecular complexity index is 1160. The van der Waals surface area contributed by atoms with Gasteiger partial charge in [0.05, 0.1) is 11.9 Å². The maximum absolute atomic E-state index is 13.3. The zero-order chi connectivity index (χ0) is 19.8. The number of likely N-dealkylation sites (tertiary alicyclic amines) is 1. The van der Waals surface area contributed by atoms with E-state index >= 15 is 0 Å². The number of carbonyl (C=O) groups excluding carboxylic acids is 1. The summed E-state index contributed by atoms with van der Waals surface area (Å²) in [6.07, 6.45) is 5.29. The number of aryl methyl sites for hydroxylation is 1. The predicted molar refractivity (Wildman–Crippen MR) is 108 cm³/mol. The van der Waals surface area contributed by atoms with Crippen LogP contribution in [0.15, 0.2) is 54.9 Å². The summed E-state index contributed by atoms with van der Waals surface area (Å²) in [6, 6.07) is 12.4. The average molecular weight is 389 g/mol. The zero-order valence-electron chi connectivity index (χ0n) is 15.7. The van der Waals surface area contributed by atoms with Gasteiger partial charge >= 0.3 is 0 Å². The summed E-state index contributed by atoms with van der Waals surface area (Å²) in [4.78, 5) is 22.4. The van der Waals surface area contributed by atoms with Crippen LogP contribution in [0.25, 0.3) is 22.3 Å². The van der Waals surface area contributed by atoms with Gasteiger partial charge in [-0.05, 0) is 54.7 Å². The fourth-order valence-corrected chi connectivity index (χ4v) is 3.82. The predicted octanol–water partition coefficient (Wildman–Crippen LogP) is 3.80. The van der Waals surface area contributed by atoms with Gasteiger partial charge in [-0.3, -0.25) is 9.89 Å². The molecule has 5 rings (SSSR count). The van der Waals surface area contributed by atoms with E-state index in [9.17, 15) is 9.18 Å². The fraction of sp³-hybridized carbons (Fsp3) is 0.227. The van der Waals surface area contributed by atoms with E-state index in [0.717, 1.165) is 48.1 Å². The number of benzene rings is 1. The van der Waals surface area contributed by atoms with Crippen molar-refractivity contribution in [1.82, 2.24) is 25.1 Å². The second kappa shape index (κ2) is 7.16. The van der Waals surface area contributed by atoms with E-state index in [1.165, 1.54) is 6.07 Å². The maximum atomic E-state index is 13.3. The molecule has 0 atom stereocenters. The number of halogens is 1. The van der Waals surface area contributed by atoms with Crippen LogP contribution < -0.4 is 0 Å². The SMILES string of the molecule is O=C(c1cc2ccc(-c3cn[nH]c3)nc2[nH]1)N1CC(CCc2cccc(F)c2)C1. The van der Waals surface area contributed by atoms with Crippen LogP contribution in [0.4, 0.5) is 4.39 Å². The van der Waals surface area contributed by atoms with Gasteiger partial charge in [-0.2, -0.15) is 5.10 Å². The molecule has 29 heavy (non-hydrogen) atoms. The first kappa shape index (κ1) is 17.6. The molecule has 3 aromatic heterocycles. The Kier molecular flexibility index (Phi) is 4.35. The molecule has 0 bridgehead atoms. The normalized spacial score (nSPS) is 14.3. The van der Waals surface area contributed by atoms with E-state index in [-0.39, 0.29) is 11.7 Å². The summed E-state index contributed by atoms with van der Waals surface area (Å²) >= 11 is 0. The third-order valence-electron chi connectivity index (χ3n) is 5.48. The van der Waals surface area contributed by atoms with Crippen molar-refractivity contribution in [3.63, 3.8) is 0 Å². The number of carbonyl (C=O) groups is 1. The minimum atomic E-state index is -0.198. The van der Waals surface area contributed by atoms with Crippen molar-refractivity contribution in [1.29, 1.82) is 0 Å². The van der Waals surface area contributed by atoms with Crippen LogP contribution in [-0.2, 0) is 6.42 Å². The molecule has 1 fully saturated rings. The summed E-state index contributed by atoms with van der Waals surface area (Å²) in [6.45, 7) is 1.47. The summed E-state index contributed by atoms with van der Waals surface area (Å²) in [5.41, 5.74) is 3.95. The van der Waals surface area contributed by atoms with Crippen LogP contribution in [0.3, 0.4) is 0 Å². The number of H-pyrrole nitrogens is 2. The number of nitrogens with one attached hydrogen (secondary N) is 2. The van der Waals surface area contributed by atoms with Gasteiger partial charge in [0.2, 0.25) is 0 Å². The van der Waals surface area contributed by atoms with Gasteiger partial charge in [-0.1, -0.05) is 12.1 Å². The van der Waals surface area contributed by atoms with Gasteiger partial charge in [-0.15, -0.1) is 0 Å². The molecular weight excluding hydrogens is 369 g/mol. The topological polar surface area (TPSA) is 77.7 Å². The van der Waals surface area contributed by atoms with Crippen LogP contribution in [-0.4, -0.2) is 44.1 Å². The molecule has 4 heterocycles. The maximum Gasteiger partial charge on any atom is 0.270 e. The second-order valence-electron chi connectivity index (χ2n) is 7.55. The Labute approximate surface area is 166 Å². The Morgan fingerprint density at radius 2 is 2.10 bits per heavy atom. The molecule has 7 heteroatoms. The lowest BCUT2D eigenvalue weighted by atomic mass is 9.92. The molecule has 0 radical (unpaired) electrons. The molecule has 1 amide bonds. The second-order valence-corrected chi connectivity index (χ2v) is 7.55. The molecular formula is C22H20FN5O. The van der Waals surface area contributed by atoms with E-state index in [2.05, 4.69) is 20.2 Å². The molecule has 0 aliphatic carbocycles. The first-order valence-corrected chi connectivity index (χ1v) is 9.68. The largest absolute Gasteiger partial charge is 0.337 e. The highest BCUT2D eigenvalue weighted by Gasteiger charge is 2.31. The summed E-state index contributed by atoms with van der Waals surface area (Å²) in [5.74, 6) is 0.253. The van der Waals surface area contributed by atoms with Crippen molar-refractivity contribution < 1.29 is 9.18 Å². The Hall–Kier alpha value is -3.48. The van der Waals surface area contributed by atoms with Crippen LogP contribution >= 0.6 is 0 Å². The highest BCUT2D eigenvalue weighted by Crippen LogP contribution is 2.25. The average Bonchev–Trinajstić information content (AvgIpc) is 3.35. The number of hydrogen-bond acceptors (Lipinski definition) is 3. The number of aromatic amines is 2. The summed E-state index contributed by atoms with van der Waals surface area (Å²) in [5, 5.41) is 7.63. The molecule has 2 N–H and O–H groups in total. The summed E-state index contributed by atoms with van der Waals surface area (Å²) in [7, 11) is 0. The number of rotatable bonds is 5. The molecule has 146 valence electrons. The van der Waals surface area contributed by atoms with Crippen LogP contribution in [0.1, 0.15) is 22.5 Å². The van der Waals surface area contributed by atoms with Gasteiger partial charge in [0.15, 0.2) is 0 Å². The van der Waals surface area contributed by atoms with Gasteiger partial charge in [0.1, 0.15) is 17.2 Å². The van der Waals surface area contributed by atoms with Crippen molar-refractivity contribution in [2.24, 2.45) is 5.92 Å². The third kappa shape index (κ3) is 3.51. The van der Waals surface area contributed by atoms with Gasteiger partial charge in [0, 0.05) is 30.2 Å². The van der Waals surface area contributed by atoms with E-state index in [1.54, 1.807) is 24.5 Å². The number of amides is 1. The van der Waals surface area contributed by atoms with Crippen LogP contribution in [0, 0.1) is 11.7 Å². The van der Waals surface area contributed by atoms with E-state index in [1.807, 2.05) is 29.2 Å². The quantitative estimate of drug-likeness (QED) is 0.545. The fourth-order valence-electron chi connectivity index (χ4n) is 3.82. The summed E-state index contributed by atoms with van der Waals surface area (Å²) < 4.78 is 13.3. The van der Waals surface area contributed by atoms with Gasteiger partial charge in [-0.25, -0.2) is 9.37 Å². The van der Waals surface area contributed by atoms with E-state index in [4.69, 9.17) is 0 Å². The smallest absolute Gasteiger partial charge is 0.270 e. The van der Waals surface area contributed by atoms with E-state index in [0.29, 0.717) is 17.3 Å². The van der Waals surface area contributed by atoms with Crippen LogP contribution in [0.5, 0.6) is 0 Å². The molecule has 1 aliphatic rings. The Balaban J connectivity index is 1.22. The molecule has 6 nitrogen and oxygen atoms in total. The molecule has 1 saturated heterocycles. The first-order valence-electron chi connectivity index (χ1n) is 9.68. The van der Waals surface area contributed by atoms with Gasteiger partial charge in [0.25, 0.3) is 5.91 Å². The highest BCUT2D eigenvalue weighted by atomic mass is 19.1. The standard InChI is InChI=1S/C22H20FN5O/c23-18-3-1-2-14(8-18)4-5-15-12-28(13-15)22(29)20-9-16-6-7-19(26-21(16)27-20)17-10-24-25-11-17/h1-3,6-11,15H,4-5,12-13H2,(H,24,25)(H,26,27). The number of hydrogen-bond donors (Lipinski definition) is 2. The molecule has 0 unspecified atom stereocenters. The lowest BCUT2D eigenvalue weighted by Gasteiger charge is -2.39. The zero-order valence-corrected chi connectivity index (χ0v) is 15.7. The van der Waals surface area contributed by atoms with Crippen molar-refractivity contribution in [2.75, 3.05) is 13.1 Å². The minimum Gasteiger partial charge on any atom is -0.337 e. The molecule has 0 spiro atoms. The van der Waals surface area contributed by atoms with Crippen LogP contribution in [0.2, 0.25) is 0 Å². The lowest BCUT2D eigenvalue weighted by molar-refractivity contribution is 0.0481. The Morgan fingerprint density at radius 1 is 1.21 bits per heavy atom. The van der Waals surface area contributed by atoms with Crippen molar-refractivity contribution in [3.05, 3.63) is 71.9 Å². The number of fused-ring (bicyclic) bond motifs is 1. The third-order valence-corrected chi connectivity index (χ3v) is 5.48. The molecule has 0 saturated carbocycles. The lowest BCUT2D eigenvalue weighted by Crippen LogP contribution is -2.50. The number of nitrogens with zero attached hydrogens (tertiary/aromatic N) is 3. The number of aromatic nitrogens is 4. The highest BCUT2D eigenvalue weighted by molar-refractivity contribution is 5.98. The molecule has 1 aliphatic heterocycles. The Morgan fingerprint density at radius 3 is 2.90 bits per heavy atom. The monoisotopic (exact) mass is 389 g/mol. The van der Waals surface area contributed by atoms with Crippen molar-refractivity contribution in [2.45, 2.75) is 12.8 Å². The van der Waals surface area contributed by atoms with Gasteiger partial charge < -0.3 is 9.88 Å². The molecule has 1 aromatic carbocycles. The van der Waals surface area contributed by atoms with E-state index < -0.39 is 0 Å². The first-order chi connectivity index (χ1) is 14.2. The van der Waals surface area contributed by atoms with Crippen molar-refractivity contribution in [3.8, 4) is 11.3 Å². The minimum absolute atomic E-state index is 0.00475. The number of pyridine rings is 1. The van der Waals surface area contributed by atoms with Crippen molar-refractivity contribution >= 4 is 16.9 Å². The molecule has 4 aromatic rings.